The summed E-state index contributed by atoms with van der Waals surface area (Å²) in [7, 11) is 0. The summed E-state index contributed by atoms with van der Waals surface area (Å²) in [5, 5.41) is 2.98. The summed E-state index contributed by atoms with van der Waals surface area (Å²) in [5.74, 6) is 0. The summed E-state index contributed by atoms with van der Waals surface area (Å²) in [6.07, 6.45) is 0.999. The van der Waals surface area contributed by atoms with Crippen molar-refractivity contribution in [2.24, 2.45) is 5.18 Å². The van der Waals surface area contributed by atoms with E-state index in [9.17, 15) is 4.91 Å². The molecule has 0 aliphatic heterocycles. The Balaban J connectivity index is 2.93. The van der Waals surface area contributed by atoms with Crippen molar-refractivity contribution in [1.29, 1.82) is 0 Å². The minimum absolute atomic E-state index is 0.225. The number of nitroso groups, excluding NO2 is 1. The second kappa shape index (κ2) is 4.00. The van der Waals surface area contributed by atoms with E-state index < -0.39 is 0 Å². The van der Waals surface area contributed by atoms with Gasteiger partial charge in [0.25, 0.3) is 0 Å². The van der Waals surface area contributed by atoms with E-state index in [0.717, 1.165) is 12.0 Å². The zero-order valence-corrected chi connectivity index (χ0v) is 7.45. The first-order valence-electron chi connectivity index (χ1n) is 4.19. The molecule has 1 atom stereocenters. The largest absolute Gasteiger partial charge is 0.150 e. The normalized spacial score (nSPS) is 12.5. The fourth-order valence-electron chi connectivity index (χ4n) is 1.13. The Hall–Kier alpha value is -1.18. The van der Waals surface area contributed by atoms with Crippen LogP contribution in [0.4, 0.5) is 0 Å². The molecule has 2 heteroatoms. The first-order chi connectivity index (χ1) is 5.77. The molecule has 0 bridgehead atoms. The second-order valence-electron chi connectivity index (χ2n) is 2.88. The molecule has 0 aliphatic carbocycles. The lowest BCUT2D eigenvalue weighted by Crippen LogP contribution is -1.89. The Morgan fingerprint density at radius 1 is 1.50 bits per heavy atom. The van der Waals surface area contributed by atoms with Crippen LogP contribution in [-0.2, 0) is 6.42 Å². The van der Waals surface area contributed by atoms with Gasteiger partial charge in [0.15, 0.2) is 0 Å². The molecule has 0 spiro atoms. The van der Waals surface area contributed by atoms with E-state index in [-0.39, 0.29) is 6.04 Å². The lowest BCUT2D eigenvalue weighted by atomic mass is 10.0. The number of aryl methyl sites for hydroxylation is 1. The quantitative estimate of drug-likeness (QED) is 0.629. The van der Waals surface area contributed by atoms with Crippen LogP contribution in [0.3, 0.4) is 0 Å². The lowest BCUT2D eigenvalue weighted by molar-refractivity contribution is 0.809. The van der Waals surface area contributed by atoms with Crippen molar-refractivity contribution in [3.63, 3.8) is 0 Å². The molecular weight excluding hydrogens is 150 g/mol. The van der Waals surface area contributed by atoms with Crippen molar-refractivity contribution < 1.29 is 0 Å². The molecule has 0 aromatic heterocycles. The highest BCUT2D eigenvalue weighted by Crippen LogP contribution is 2.17. The van der Waals surface area contributed by atoms with E-state index in [1.54, 1.807) is 0 Å². The third-order valence-electron chi connectivity index (χ3n) is 2.00. The third kappa shape index (κ3) is 1.91. The third-order valence-corrected chi connectivity index (χ3v) is 2.00. The first-order valence-corrected chi connectivity index (χ1v) is 4.19. The molecule has 0 radical (unpaired) electrons. The minimum atomic E-state index is -0.225. The fourth-order valence-corrected chi connectivity index (χ4v) is 1.13. The topological polar surface area (TPSA) is 29.4 Å². The van der Waals surface area contributed by atoms with E-state index >= 15 is 0 Å². The summed E-state index contributed by atoms with van der Waals surface area (Å²) in [4.78, 5) is 10.3. The fraction of sp³-hybridized carbons (Fsp3) is 0.400. The summed E-state index contributed by atoms with van der Waals surface area (Å²) in [6.45, 7) is 3.90. The summed E-state index contributed by atoms with van der Waals surface area (Å²) in [6, 6.07) is 7.77. The van der Waals surface area contributed by atoms with E-state index in [1.165, 1.54) is 5.56 Å². The van der Waals surface area contributed by atoms with Crippen molar-refractivity contribution in [2.45, 2.75) is 26.3 Å². The number of nitrogens with zero attached hydrogens (tertiary/aromatic N) is 1. The number of hydrogen-bond acceptors (Lipinski definition) is 2. The van der Waals surface area contributed by atoms with Gasteiger partial charge in [-0.1, -0.05) is 36.4 Å². The van der Waals surface area contributed by atoms with E-state index in [2.05, 4.69) is 18.2 Å². The summed E-state index contributed by atoms with van der Waals surface area (Å²) >= 11 is 0. The molecule has 0 amide bonds. The standard InChI is InChI=1S/C10H13NO/c1-3-9-5-4-6-10(7-9)8(2)11-12/h4-8H,3H2,1-2H3. The predicted molar refractivity (Wildman–Crippen MR) is 50.0 cm³/mol. The molecule has 2 nitrogen and oxygen atoms in total. The molecule has 1 rings (SSSR count). The Morgan fingerprint density at radius 2 is 2.25 bits per heavy atom. The molecule has 0 saturated heterocycles. The van der Waals surface area contributed by atoms with Crippen LogP contribution in [0.1, 0.15) is 31.0 Å². The molecule has 1 unspecified atom stereocenters. The van der Waals surface area contributed by atoms with Crippen molar-refractivity contribution in [2.75, 3.05) is 0 Å². The molecule has 1 aromatic rings. The smallest absolute Gasteiger partial charge is 0.114 e. The SMILES string of the molecule is CCc1cccc(C(C)N=O)c1. The van der Waals surface area contributed by atoms with Crippen molar-refractivity contribution >= 4 is 0 Å². The Kier molecular flexibility index (Phi) is 2.97. The van der Waals surface area contributed by atoms with Gasteiger partial charge >= 0.3 is 0 Å². The van der Waals surface area contributed by atoms with Gasteiger partial charge in [-0.2, -0.15) is 4.91 Å². The first kappa shape index (κ1) is 8.91. The highest BCUT2D eigenvalue weighted by atomic mass is 16.3. The second-order valence-corrected chi connectivity index (χ2v) is 2.88. The molecule has 0 N–H and O–H groups in total. The monoisotopic (exact) mass is 163 g/mol. The minimum Gasteiger partial charge on any atom is -0.150 e. The zero-order chi connectivity index (χ0) is 8.97. The Bertz CT molecular complexity index is 270. The van der Waals surface area contributed by atoms with Gasteiger partial charge in [-0.05, 0) is 24.5 Å². The molecule has 0 saturated carbocycles. The molecule has 1 aromatic carbocycles. The summed E-state index contributed by atoms with van der Waals surface area (Å²) < 4.78 is 0. The average Bonchev–Trinajstić information content (AvgIpc) is 2.17. The maximum absolute atomic E-state index is 10.3. The lowest BCUT2D eigenvalue weighted by Gasteiger charge is -2.04. The maximum Gasteiger partial charge on any atom is 0.114 e. The molecule has 12 heavy (non-hydrogen) atoms. The van der Waals surface area contributed by atoms with Gasteiger partial charge in [0, 0.05) is 0 Å². The van der Waals surface area contributed by atoms with Crippen LogP contribution >= 0.6 is 0 Å². The molecule has 0 fully saturated rings. The highest BCUT2D eigenvalue weighted by Gasteiger charge is 2.03. The summed E-state index contributed by atoms with van der Waals surface area (Å²) in [5.41, 5.74) is 2.26. The van der Waals surface area contributed by atoms with E-state index in [1.807, 2.05) is 25.1 Å². The van der Waals surface area contributed by atoms with Gasteiger partial charge in [0.05, 0.1) is 0 Å². The van der Waals surface area contributed by atoms with Crippen molar-refractivity contribution in [3.05, 3.63) is 40.3 Å². The van der Waals surface area contributed by atoms with Gasteiger partial charge < -0.3 is 0 Å². The van der Waals surface area contributed by atoms with E-state index in [4.69, 9.17) is 0 Å². The molecule has 0 aliphatic rings. The highest BCUT2D eigenvalue weighted by molar-refractivity contribution is 5.25. The van der Waals surface area contributed by atoms with Crippen LogP contribution in [-0.4, -0.2) is 0 Å². The number of rotatable bonds is 3. The van der Waals surface area contributed by atoms with Gasteiger partial charge in [-0.3, -0.25) is 0 Å². The maximum atomic E-state index is 10.3. The van der Waals surface area contributed by atoms with Crippen LogP contribution in [0.25, 0.3) is 0 Å². The van der Waals surface area contributed by atoms with Gasteiger partial charge in [0.1, 0.15) is 6.04 Å². The zero-order valence-electron chi connectivity index (χ0n) is 7.45. The van der Waals surface area contributed by atoms with Crippen LogP contribution in [0, 0.1) is 4.91 Å². The molecule has 0 heterocycles. The average molecular weight is 163 g/mol. The number of hydrogen-bond donors (Lipinski definition) is 0. The van der Waals surface area contributed by atoms with Crippen molar-refractivity contribution in [1.82, 2.24) is 0 Å². The van der Waals surface area contributed by atoms with Crippen LogP contribution in [0.15, 0.2) is 29.4 Å². The van der Waals surface area contributed by atoms with Crippen molar-refractivity contribution in [3.8, 4) is 0 Å². The number of benzene rings is 1. The van der Waals surface area contributed by atoms with Gasteiger partial charge in [-0.25, -0.2) is 0 Å². The van der Waals surface area contributed by atoms with E-state index in [0.29, 0.717) is 0 Å². The van der Waals surface area contributed by atoms with Crippen LogP contribution in [0.5, 0.6) is 0 Å². The molecular formula is C10H13NO. The Labute approximate surface area is 72.6 Å². The van der Waals surface area contributed by atoms with Gasteiger partial charge in [-0.15, -0.1) is 0 Å². The predicted octanol–water partition coefficient (Wildman–Crippen LogP) is 3.08. The van der Waals surface area contributed by atoms with Crippen LogP contribution in [0.2, 0.25) is 0 Å². The van der Waals surface area contributed by atoms with Crippen LogP contribution < -0.4 is 0 Å². The van der Waals surface area contributed by atoms with Gasteiger partial charge in [0.2, 0.25) is 0 Å². The molecule has 64 valence electrons. The Morgan fingerprint density at radius 3 is 2.83 bits per heavy atom.